The maximum absolute atomic E-state index is 10.2. The van der Waals surface area contributed by atoms with Crippen molar-refractivity contribution >= 4 is 0 Å². The zero-order valence-electron chi connectivity index (χ0n) is 20.2. The van der Waals surface area contributed by atoms with Crippen LogP contribution in [-0.4, -0.2) is 28.4 Å². The first-order valence-electron chi connectivity index (χ1n) is 12.1. The van der Waals surface area contributed by atoms with Gasteiger partial charge in [-0.3, -0.25) is 0 Å². The van der Waals surface area contributed by atoms with Crippen LogP contribution in [0.2, 0.25) is 0 Å². The summed E-state index contributed by atoms with van der Waals surface area (Å²) in [5.74, 6) is 0.753. The number of hydrogen-bond acceptors (Lipinski definition) is 1. The minimum Gasteiger partial charge on any atom is -0.390 e. The van der Waals surface area contributed by atoms with Crippen molar-refractivity contribution in [1.29, 1.82) is 0 Å². The van der Waals surface area contributed by atoms with Crippen molar-refractivity contribution in [3.05, 3.63) is 72.1 Å². The highest BCUT2D eigenvalue weighted by Crippen LogP contribution is 2.24. The molecule has 1 fully saturated rings. The second kappa shape index (κ2) is 10.2. The van der Waals surface area contributed by atoms with Crippen LogP contribution < -0.4 is 4.90 Å². The first-order valence-corrected chi connectivity index (χ1v) is 12.1. The summed E-state index contributed by atoms with van der Waals surface area (Å²) in [4.78, 5) is 1.43. The molecular formula is C28H43N2O+. The van der Waals surface area contributed by atoms with Crippen LogP contribution in [0.15, 0.2) is 55.3 Å². The molecule has 1 unspecified atom stereocenters. The fourth-order valence-corrected chi connectivity index (χ4v) is 4.86. The van der Waals surface area contributed by atoms with E-state index in [1.807, 2.05) is 6.08 Å². The Bertz CT molecular complexity index is 823. The lowest BCUT2D eigenvalue weighted by Gasteiger charge is -2.37. The quantitative estimate of drug-likeness (QED) is 0.561. The topological polar surface area (TPSA) is 29.6 Å². The van der Waals surface area contributed by atoms with Crippen LogP contribution in [0.3, 0.4) is 0 Å². The van der Waals surface area contributed by atoms with Gasteiger partial charge in [0.05, 0.1) is 12.2 Å². The van der Waals surface area contributed by atoms with Gasteiger partial charge in [-0.25, -0.2) is 0 Å². The van der Waals surface area contributed by atoms with Crippen LogP contribution in [0, 0.1) is 5.92 Å². The maximum atomic E-state index is 10.2. The van der Waals surface area contributed by atoms with Crippen LogP contribution in [0.5, 0.6) is 0 Å². The van der Waals surface area contributed by atoms with Crippen molar-refractivity contribution in [3.63, 3.8) is 0 Å². The maximum Gasteiger partial charge on any atom is 0.137 e. The molecule has 0 radical (unpaired) electrons. The lowest BCUT2D eigenvalue weighted by atomic mass is 9.87. The Hall–Kier alpha value is -1.84. The number of rotatable bonds is 9. The van der Waals surface area contributed by atoms with Gasteiger partial charge in [-0.2, -0.15) is 0 Å². The minimum atomic E-state index is -0.319. The van der Waals surface area contributed by atoms with Crippen LogP contribution >= 0.6 is 0 Å². The summed E-state index contributed by atoms with van der Waals surface area (Å²) < 4.78 is 2.37. The lowest BCUT2D eigenvalue weighted by Crippen LogP contribution is -3.19. The molecule has 1 aliphatic rings. The molecule has 0 aliphatic heterocycles. The number of aromatic nitrogens is 1. The number of aliphatic hydroxyl groups excluding tert-OH is 1. The fraction of sp³-hybridized carbons (Fsp3) is 0.571. The van der Waals surface area contributed by atoms with E-state index in [9.17, 15) is 5.11 Å². The summed E-state index contributed by atoms with van der Waals surface area (Å²) in [6.07, 6.45) is 10.9. The molecule has 0 bridgehead atoms. The van der Waals surface area contributed by atoms with Crippen LogP contribution in [-0.2, 0) is 18.5 Å². The van der Waals surface area contributed by atoms with Crippen LogP contribution in [0.25, 0.3) is 0 Å². The second-order valence-corrected chi connectivity index (χ2v) is 10.8. The van der Waals surface area contributed by atoms with E-state index in [1.54, 1.807) is 0 Å². The molecule has 1 aromatic heterocycles. The average molecular weight is 424 g/mol. The molecule has 2 N–H and O–H groups in total. The first kappa shape index (κ1) is 23.8. The molecule has 1 heterocycles. The third kappa shape index (κ3) is 6.11. The highest BCUT2D eigenvalue weighted by molar-refractivity contribution is 5.28. The third-order valence-corrected chi connectivity index (χ3v) is 7.34. The standard InChI is InChI=1S/C28H42N2O/c1-6-28(5,22-31)30(20-23-11-8-7-9-12-23)21-26-13-10-18-29(26)19-24-14-16-25(17-15-24)27(2,3)4/h6,10,13-18,23,31H,1,7-9,11-12,19-22H2,2-5H3/p+1/t28-/m1/s1. The van der Waals surface area contributed by atoms with Crippen LogP contribution in [0.1, 0.15) is 76.6 Å². The van der Waals surface area contributed by atoms with E-state index >= 15 is 0 Å². The fourth-order valence-electron chi connectivity index (χ4n) is 4.86. The molecule has 3 heteroatoms. The molecule has 0 saturated heterocycles. The van der Waals surface area contributed by atoms with Crippen molar-refractivity contribution in [2.24, 2.45) is 5.92 Å². The normalized spacial score (nSPS) is 18.5. The zero-order valence-corrected chi connectivity index (χ0v) is 20.2. The van der Waals surface area contributed by atoms with E-state index in [4.69, 9.17) is 0 Å². The summed E-state index contributed by atoms with van der Waals surface area (Å²) in [7, 11) is 0. The van der Waals surface area contributed by atoms with E-state index in [-0.39, 0.29) is 17.6 Å². The van der Waals surface area contributed by atoms with E-state index in [2.05, 4.69) is 81.4 Å². The Balaban J connectivity index is 1.76. The van der Waals surface area contributed by atoms with Crippen molar-refractivity contribution in [2.45, 2.75) is 83.8 Å². The highest BCUT2D eigenvalue weighted by Gasteiger charge is 2.35. The van der Waals surface area contributed by atoms with Gasteiger partial charge in [0, 0.05) is 18.7 Å². The molecular weight excluding hydrogens is 380 g/mol. The summed E-state index contributed by atoms with van der Waals surface area (Å²) in [6, 6.07) is 13.4. The Labute approximate surface area is 189 Å². The summed E-state index contributed by atoms with van der Waals surface area (Å²) in [5, 5.41) is 10.2. The van der Waals surface area contributed by atoms with Crippen molar-refractivity contribution < 1.29 is 10.0 Å². The van der Waals surface area contributed by atoms with Gasteiger partial charge in [0.2, 0.25) is 0 Å². The van der Waals surface area contributed by atoms with Gasteiger partial charge in [0.25, 0.3) is 0 Å². The van der Waals surface area contributed by atoms with Crippen molar-refractivity contribution in [2.75, 3.05) is 13.2 Å². The SMILES string of the molecule is C=C[C@](C)(CO)[NH+](Cc1cccn1Cc1ccc(C(C)(C)C)cc1)CC1CCCCC1. The smallest absolute Gasteiger partial charge is 0.137 e. The molecule has 0 spiro atoms. The van der Waals surface area contributed by atoms with Gasteiger partial charge in [0.15, 0.2) is 0 Å². The Kier molecular flexibility index (Phi) is 7.82. The molecule has 2 aromatic rings. The minimum absolute atomic E-state index is 0.132. The molecule has 2 atom stereocenters. The molecule has 3 nitrogen and oxygen atoms in total. The van der Waals surface area contributed by atoms with E-state index in [1.165, 1.54) is 53.8 Å². The number of hydrogen-bond donors (Lipinski definition) is 2. The zero-order chi connectivity index (χ0) is 22.5. The summed E-state index contributed by atoms with van der Waals surface area (Å²) in [5.41, 5.74) is 3.89. The molecule has 0 amide bonds. The van der Waals surface area contributed by atoms with E-state index < -0.39 is 0 Å². The van der Waals surface area contributed by atoms with Gasteiger partial charge in [-0.15, -0.1) is 0 Å². The monoisotopic (exact) mass is 423 g/mol. The summed E-state index contributed by atoms with van der Waals surface area (Å²) in [6.45, 7) is 16.0. The Morgan fingerprint density at radius 3 is 2.32 bits per heavy atom. The second-order valence-electron chi connectivity index (χ2n) is 10.8. The first-order chi connectivity index (χ1) is 14.7. The molecule has 3 rings (SSSR count). The van der Waals surface area contributed by atoms with Gasteiger partial charge < -0.3 is 14.6 Å². The van der Waals surface area contributed by atoms with Crippen molar-refractivity contribution in [3.8, 4) is 0 Å². The highest BCUT2D eigenvalue weighted by atomic mass is 16.3. The van der Waals surface area contributed by atoms with Gasteiger partial charge in [-0.05, 0) is 54.5 Å². The van der Waals surface area contributed by atoms with Crippen LogP contribution in [0.4, 0.5) is 0 Å². The van der Waals surface area contributed by atoms with E-state index in [0.717, 1.165) is 25.6 Å². The molecule has 1 aliphatic carbocycles. The molecule has 170 valence electrons. The lowest BCUT2D eigenvalue weighted by molar-refractivity contribution is -0.960. The van der Waals surface area contributed by atoms with E-state index in [0.29, 0.717) is 0 Å². The predicted molar refractivity (Wildman–Crippen MR) is 130 cm³/mol. The number of nitrogens with one attached hydrogen (secondary N) is 1. The Morgan fingerprint density at radius 1 is 1.06 bits per heavy atom. The number of benzene rings is 1. The van der Waals surface area contributed by atoms with Gasteiger partial charge in [0.1, 0.15) is 18.7 Å². The summed E-state index contributed by atoms with van der Waals surface area (Å²) >= 11 is 0. The molecule has 31 heavy (non-hydrogen) atoms. The number of nitrogens with zero attached hydrogens (tertiary/aromatic N) is 1. The average Bonchev–Trinajstić information content (AvgIpc) is 3.19. The number of aliphatic hydroxyl groups is 1. The van der Waals surface area contributed by atoms with Gasteiger partial charge >= 0.3 is 0 Å². The predicted octanol–water partition coefficient (Wildman–Crippen LogP) is 4.74. The molecule has 1 aromatic carbocycles. The molecule has 1 saturated carbocycles. The van der Waals surface area contributed by atoms with Crippen molar-refractivity contribution in [1.82, 2.24) is 4.57 Å². The third-order valence-electron chi connectivity index (χ3n) is 7.34. The van der Waals surface area contributed by atoms with Gasteiger partial charge in [-0.1, -0.05) is 70.9 Å². The Morgan fingerprint density at radius 2 is 1.74 bits per heavy atom. The largest absolute Gasteiger partial charge is 0.390 e. The number of quaternary nitrogens is 1.